The Bertz CT molecular complexity index is 309. The van der Waals surface area contributed by atoms with Gasteiger partial charge >= 0.3 is 0 Å². The van der Waals surface area contributed by atoms with Gasteiger partial charge < -0.3 is 10.5 Å². The molecule has 0 aliphatic heterocycles. The van der Waals surface area contributed by atoms with Gasteiger partial charge in [0.15, 0.2) is 0 Å². The van der Waals surface area contributed by atoms with Gasteiger partial charge in [0, 0.05) is 6.54 Å². The lowest BCUT2D eigenvalue weighted by molar-refractivity contribution is 0.209. The van der Waals surface area contributed by atoms with Crippen molar-refractivity contribution in [2.45, 2.75) is 26.7 Å². The number of rotatable bonds is 8. The first-order valence-electron chi connectivity index (χ1n) is 6.47. The Morgan fingerprint density at radius 3 is 2.29 bits per heavy atom. The predicted molar refractivity (Wildman–Crippen MR) is 73.4 cm³/mol. The second-order valence-electron chi connectivity index (χ2n) is 4.23. The van der Waals surface area contributed by atoms with Crippen LogP contribution < -0.4 is 10.5 Å². The summed E-state index contributed by atoms with van der Waals surface area (Å²) in [6.07, 6.45) is 2.38. The van der Waals surface area contributed by atoms with E-state index in [1.54, 1.807) is 0 Å². The van der Waals surface area contributed by atoms with Crippen molar-refractivity contribution in [3.05, 3.63) is 24.3 Å². The van der Waals surface area contributed by atoms with Crippen molar-refractivity contribution >= 4 is 5.69 Å². The molecule has 0 spiro atoms. The van der Waals surface area contributed by atoms with E-state index in [1.165, 1.54) is 12.8 Å². The lowest BCUT2D eigenvalue weighted by atomic mass is 10.3. The minimum atomic E-state index is 0.703. The smallest absolute Gasteiger partial charge is 0.142 e. The molecule has 0 bridgehead atoms. The summed E-state index contributed by atoms with van der Waals surface area (Å²) in [7, 11) is 0. The van der Waals surface area contributed by atoms with Crippen LogP contribution in [-0.2, 0) is 0 Å². The summed E-state index contributed by atoms with van der Waals surface area (Å²) in [5, 5.41) is 0. The van der Waals surface area contributed by atoms with Crippen LogP contribution in [0.5, 0.6) is 5.75 Å². The third-order valence-corrected chi connectivity index (χ3v) is 2.66. The van der Waals surface area contributed by atoms with E-state index in [9.17, 15) is 0 Å². The maximum atomic E-state index is 5.82. The highest BCUT2D eigenvalue weighted by molar-refractivity contribution is 5.51. The van der Waals surface area contributed by atoms with Gasteiger partial charge in [-0.3, -0.25) is 4.90 Å². The molecule has 0 aliphatic rings. The van der Waals surface area contributed by atoms with Crippen molar-refractivity contribution < 1.29 is 4.74 Å². The molecule has 17 heavy (non-hydrogen) atoms. The fraction of sp³-hybridized carbons (Fsp3) is 0.571. The fourth-order valence-corrected chi connectivity index (χ4v) is 1.86. The number of nitrogens with zero attached hydrogens (tertiary/aromatic N) is 1. The highest BCUT2D eigenvalue weighted by Crippen LogP contribution is 2.19. The molecule has 1 aromatic carbocycles. The Kier molecular flexibility index (Phi) is 6.48. The monoisotopic (exact) mass is 236 g/mol. The SMILES string of the molecule is CCCN(CCC)CCOc1ccccc1N. The van der Waals surface area contributed by atoms with Crippen LogP contribution in [0.2, 0.25) is 0 Å². The van der Waals surface area contributed by atoms with Gasteiger partial charge in [0.25, 0.3) is 0 Å². The molecular formula is C14H24N2O. The maximum absolute atomic E-state index is 5.82. The number of nitrogen functional groups attached to an aromatic ring is 1. The molecule has 0 saturated heterocycles. The van der Waals surface area contributed by atoms with Crippen LogP contribution in [-0.4, -0.2) is 31.1 Å². The number of benzene rings is 1. The molecule has 0 fully saturated rings. The summed E-state index contributed by atoms with van der Waals surface area (Å²) >= 11 is 0. The zero-order chi connectivity index (χ0) is 12.5. The van der Waals surface area contributed by atoms with Gasteiger partial charge in [0.05, 0.1) is 5.69 Å². The van der Waals surface area contributed by atoms with Gasteiger partial charge in [0.1, 0.15) is 12.4 Å². The van der Waals surface area contributed by atoms with E-state index in [1.807, 2.05) is 24.3 Å². The van der Waals surface area contributed by atoms with E-state index in [4.69, 9.17) is 10.5 Å². The van der Waals surface area contributed by atoms with Crippen molar-refractivity contribution in [1.29, 1.82) is 0 Å². The third kappa shape index (κ3) is 5.09. The topological polar surface area (TPSA) is 38.5 Å². The van der Waals surface area contributed by atoms with Crippen LogP contribution in [0, 0.1) is 0 Å². The fourth-order valence-electron chi connectivity index (χ4n) is 1.86. The molecule has 0 atom stereocenters. The summed E-state index contributed by atoms with van der Waals surface area (Å²) in [5.74, 6) is 0.792. The Labute approximate surface area is 105 Å². The number of anilines is 1. The van der Waals surface area contributed by atoms with E-state index in [0.29, 0.717) is 12.3 Å². The van der Waals surface area contributed by atoms with Crippen molar-refractivity contribution in [2.24, 2.45) is 0 Å². The van der Waals surface area contributed by atoms with E-state index in [2.05, 4.69) is 18.7 Å². The molecule has 2 N–H and O–H groups in total. The maximum Gasteiger partial charge on any atom is 0.142 e. The predicted octanol–water partition coefficient (Wildman–Crippen LogP) is 2.77. The number of hydrogen-bond acceptors (Lipinski definition) is 3. The Hall–Kier alpha value is -1.22. The lowest BCUT2D eigenvalue weighted by Crippen LogP contribution is -2.30. The van der Waals surface area contributed by atoms with E-state index >= 15 is 0 Å². The van der Waals surface area contributed by atoms with Gasteiger partial charge in [-0.25, -0.2) is 0 Å². The van der Waals surface area contributed by atoms with Crippen LogP contribution in [0.25, 0.3) is 0 Å². The van der Waals surface area contributed by atoms with Crippen molar-refractivity contribution in [3.63, 3.8) is 0 Å². The van der Waals surface area contributed by atoms with Gasteiger partial charge in [-0.05, 0) is 38.1 Å². The van der Waals surface area contributed by atoms with Crippen LogP contribution in [0.3, 0.4) is 0 Å². The first kappa shape index (κ1) is 13.8. The van der Waals surface area contributed by atoms with Crippen molar-refractivity contribution in [2.75, 3.05) is 32.0 Å². The second kappa shape index (κ2) is 7.96. The number of para-hydroxylation sites is 2. The number of ether oxygens (including phenoxy) is 1. The summed E-state index contributed by atoms with van der Waals surface area (Å²) in [6.45, 7) is 8.37. The molecule has 0 radical (unpaired) electrons. The minimum Gasteiger partial charge on any atom is -0.490 e. The first-order chi connectivity index (χ1) is 8.27. The molecule has 0 aromatic heterocycles. The van der Waals surface area contributed by atoms with Gasteiger partial charge in [0.2, 0.25) is 0 Å². The third-order valence-electron chi connectivity index (χ3n) is 2.66. The molecule has 96 valence electrons. The molecule has 0 aliphatic carbocycles. The van der Waals surface area contributed by atoms with E-state index < -0.39 is 0 Å². The molecular weight excluding hydrogens is 212 g/mol. The summed E-state index contributed by atoms with van der Waals surface area (Å²) in [4.78, 5) is 2.43. The minimum absolute atomic E-state index is 0.703. The second-order valence-corrected chi connectivity index (χ2v) is 4.23. The van der Waals surface area contributed by atoms with Crippen molar-refractivity contribution in [1.82, 2.24) is 4.90 Å². The standard InChI is InChI=1S/C14H24N2O/c1-3-9-16(10-4-2)11-12-17-14-8-6-5-7-13(14)15/h5-8H,3-4,9-12,15H2,1-2H3. The van der Waals surface area contributed by atoms with Gasteiger partial charge in [-0.2, -0.15) is 0 Å². The molecule has 1 rings (SSSR count). The largest absolute Gasteiger partial charge is 0.490 e. The molecule has 3 nitrogen and oxygen atoms in total. The van der Waals surface area contributed by atoms with Crippen LogP contribution >= 0.6 is 0 Å². The molecule has 0 unspecified atom stereocenters. The molecule has 1 aromatic rings. The van der Waals surface area contributed by atoms with E-state index in [0.717, 1.165) is 25.4 Å². The highest BCUT2D eigenvalue weighted by Gasteiger charge is 2.03. The average molecular weight is 236 g/mol. The zero-order valence-electron chi connectivity index (χ0n) is 11.0. The van der Waals surface area contributed by atoms with E-state index in [-0.39, 0.29) is 0 Å². The van der Waals surface area contributed by atoms with Crippen LogP contribution in [0.4, 0.5) is 5.69 Å². The summed E-state index contributed by atoms with van der Waals surface area (Å²) < 4.78 is 5.69. The zero-order valence-corrected chi connectivity index (χ0v) is 11.0. The molecule has 0 saturated carbocycles. The number of hydrogen-bond donors (Lipinski definition) is 1. The molecule has 3 heteroatoms. The Balaban J connectivity index is 2.33. The molecule has 0 heterocycles. The Morgan fingerprint density at radius 1 is 1.06 bits per heavy atom. The van der Waals surface area contributed by atoms with Gasteiger partial charge in [-0.1, -0.05) is 26.0 Å². The van der Waals surface area contributed by atoms with Gasteiger partial charge in [-0.15, -0.1) is 0 Å². The summed E-state index contributed by atoms with van der Waals surface area (Å²) in [5.41, 5.74) is 6.53. The summed E-state index contributed by atoms with van der Waals surface area (Å²) in [6, 6.07) is 7.65. The first-order valence-corrected chi connectivity index (χ1v) is 6.47. The van der Waals surface area contributed by atoms with Crippen LogP contribution in [0.1, 0.15) is 26.7 Å². The molecule has 0 amide bonds. The van der Waals surface area contributed by atoms with Crippen molar-refractivity contribution in [3.8, 4) is 5.75 Å². The Morgan fingerprint density at radius 2 is 1.71 bits per heavy atom. The quantitative estimate of drug-likeness (QED) is 0.705. The normalized spacial score (nSPS) is 10.8. The highest BCUT2D eigenvalue weighted by atomic mass is 16.5. The number of nitrogens with two attached hydrogens (primary N) is 1. The van der Waals surface area contributed by atoms with Crippen LogP contribution in [0.15, 0.2) is 24.3 Å². The lowest BCUT2D eigenvalue weighted by Gasteiger charge is -2.21. The average Bonchev–Trinajstić information content (AvgIpc) is 2.32.